The van der Waals surface area contributed by atoms with Crippen LogP contribution in [-0.4, -0.2) is 18.4 Å². The van der Waals surface area contributed by atoms with Crippen molar-refractivity contribution in [3.8, 4) is 0 Å². The van der Waals surface area contributed by atoms with Crippen LogP contribution in [0.2, 0.25) is 0 Å². The van der Waals surface area contributed by atoms with Crippen molar-refractivity contribution >= 4 is 6.29 Å². The second kappa shape index (κ2) is 3.46. The Morgan fingerprint density at radius 2 is 2.27 bits per heavy atom. The smallest absolute Gasteiger partial charge is 0.137 e. The van der Waals surface area contributed by atoms with Gasteiger partial charge in [0.05, 0.1) is 6.04 Å². The Bertz CT molecular complexity index is 367. The van der Waals surface area contributed by atoms with Crippen LogP contribution in [0.25, 0.3) is 0 Å². The normalized spacial score (nSPS) is 42.0. The summed E-state index contributed by atoms with van der Waals surface area (Å²) in [7, 11) is 0. The number of rotatable bonds is 1. The van der Waals surface area contributed by atoms with Crippen molar-refractivity contribution in [2.45, 2.75) is 24.9 Å². The van der Waals surface area contributed by atoms with Crippen LogP contribution in [0, 0.1) is 11.8 Å². The predicted octanol–water partition coefficient (Wildman–Crippen LogP) is 1.60. The highest BCUT2D eigenvalue weighted by Gasteiger charge is 2.40. The van der Waals surface area contributed by atoms with Gasteiger partial charge in [-0.2, -0.15) is 0 Å². The SMILES string of the molecule is O=CC1NC2CC=CC=C2C2C=CCC12. The lowest BCUT2D eigenvalue weighted by atomic mass is 9.74. The van der Waals surface area contributed by atoms with Crippen molar-refractivity contribution in [2.24, 2.45) is 11.8 Å². The zero-order chi connectivity index (χ0) is 10.3. The van der Waals surface area contributed by atoms with E-state index in [-0.39, 0.29) is 6.04 Å². The molecule has 15 heavy (non-hydrogen) atoms. The number of carbonyl (C=O) groups is 1. The first-order chi connectivity index (χ1) is 7.40. The lowest BCUT2D eigenvalue weighted by Gasteiger charge is -2.40. The number of fused-ring (bicyclic) bond motifs is 3. The third kappa shape index (κ3) is 1.32. The van der Waals surface area contributed by atoms with Crippen LogP contribution < -0.4 is 5.32 Å². The molecule has 78 valence electrons. The van der Waals surface area contributed by atoms with Crippen molar-refractivity contribution in [3.05, 3.63) is 36.0 Å². The van der Waals surface area contributed by atoms with Crippen LogP contribution in [0.3, 0.4) is 0 Å². The van der Waals surface area contributed by atoms with Crippen molar-refractivity contribution in [3.63, 3.8) is 0 Å². The molecule has 0 aromatic rings. The molecule has 0 bridgehead atoms. The maximum absolute atomic E-state index is 11.0. The lowest BCUT2D eigenvalue weighted by Crippen LogP contribution is -2.52. The molecule has 1 N–H and O–H groups in total. The predicted molar refractivity (Wildman–Crippen MR) is 59.4 cm³/mol. The highest BCUT2D eigenvalue weighted by molar-refractivity contribution is 5.60. The van der Waals surface area contributed by atoms with E-state index in [1.165, 1.54) is 5.57 Å². The Hall–Kier alpha value is -1.15. The summed E-state index contributed by atoms with van der Waals surface area (Å²) in [6.07, 6.45) is 14.2. The number of hydrogen-bond acceptors (Lipinski definition) is 2. The number of allylic oxidation sites excluding steroid dienone is 4. The molecule has 0 spiro atoms. The van der Waals surface area contributed by atoms with Gasteiger partial charge in [0.15, 0.2) is 0 Å². The summed E-state index contributed by atoms with van der Waals surface area (Å²) < 4.78 is 0. The maximum atomic E-state index is 11.0. The molecule has 4 atom stereocenters. The molecular formula is C13H15NO. The fourth-order valence-electron chi connectivity index (χ4n) is 3.05. The Kier molecular flexibility index (Phi) is 2.10. The van der Waals surface area contributed by atoms with Crippen LogP contribution >= 0.6 is 0 Å². The quantitative estimate of drug-likeness (QED) is 0.516. The summed E-state index contributed by atoms with van der Waals surface area (Å²) >= 11 is 0. The first-order valence-electron chi connectivity index (χ1n) is 5.65. The van der Waals surface area contributed by atoms with Gasteiger partial charge in [-0.1, -0.05) is 30.4 Å². The number of aldehydes is 1. The van der Waals surface area contributed by atoms with E-state index in [4.69, 9.17) is 0 Å². The van der Waals surface area contributed by atoms with E-state index in [9.17, 15) is 4.79 Å². The summed E-state index contributed by atoms with van der Waals surface area (Å²) in [4.78, 5) is 11.0. The van der Waals surface area contributed by atoms with Gasteiger partial charge in [-0.05, 0) is 24.3 Å². The van der Waals surface area contributed by atoms with E-state index in [0.29, 0.717) is 17.9 Å². The van der Waals surface area contributed by atoms with E-state index in [2.05, 4.69) is 35.7 Å². The molecule has 1 fully saturated rings. The molecule has 0 radical (unpaired) electrons. The van der Waals surface area contributed by atoms with Crippen molar-refractivity contribution in [2.75, 3.05) is 0 Å². The molecule has 0 amide bonds. The molecule has 1 aliphatic heterocycles. The summed E-state index contributed by atoms with van der Waals surface area (Å²) in [6, 6.07) is 0.424. The minimum Gasteiger partial charge on any atom is -0.302 e. The number of piperidine rings is 1. The Balaban J connectivity index is 1.96. The average Bonchev–Trinajstić information content (AvgIpc) is 2.77. The molecule has 0 aromatic heterocycles. The van der Waals surface area contributed by atoms with Gasteiger partial charge in [0.2, 0.25) is 0 Å². The van der Waals surface area contributed by atoms with Gasteiger partial charge >= 0.3 is 0 Å². The summed E-state index contributed by atoms with van der Waals surface area (Å²) in [5.41, 5.74) is 1.47. The van der Waals surface area contributed by atoms with Gasteiger partial charge in [-0.15, -0.1) is 0 Å². The van der Waals surface area contributed by atoms with E-state index < -0.39 is 0 Å². The molecule has 1 heterocycles. The van der Waals surface area contributed by atoms with Gasteiger partial charge in [0.1, 0.15) is 6.29 Å². The second-order valence-electron chi connectivity index (χ2n) is 4.57. The third-order valence-corrected chi connectivity index (χ3v) is 3.80. The summed E-state index contributed by atoms with van der Waals surface area (Å²) in [5.74, 6) is 0.952. The average molecular weight is 201 g/mol. The van der Waals surface area contributed by atoms with Gasteiger partial charge < -0.3 is 10.1 Å². The van der Waals surface area contributed by atoms with E-state index >= 15 is 0 Å². The van der Waals surface area contributed by atoms with Crippen LogP contribution in [0.5, 0.6) is 0 Å². The summed E-state index contributed by atoms with van der Waals surface area (Å²) in [5, 5.41) is 3.45. The van der Waals surface area contributed by atoms with Crippen LogP contribution in [0.4, 0.5) is 0 Å². The molecule has 2 nitrogen and oxygen atoms in total. The zero-order valence-electron chi connectivity index (χ0n) is 8.60. The van der Waals surface area contributed by atoms with Crippen LogP contribution in [0.1, 0.15) is 12.8 Å². The molecule has 1 saturated heterocycles. The van der Waals surface area contributed by atoms with Gasteiger partial charge in [0.25, 0.3) is 0 Å². The van der Waals surface area contributed by atoms with Crippen molar-refractivity contribution < 1.29 is 4.79 Å². The number of hydrogen-bond donors (Lipinski definition) is 1. The molecule has 0 aromatic carbocycles. The minimum absolute atomic E-state index is 0.0404. The van der Waals surface area contributed by atoms with E-state index in [0.717, 1.165) is 19.1 Å². The second-order valence-corrected chi connectivity index (χ2v) is 4.57. The van der Waals surface area contributed by atoms with Crippen molar-refractivity contribution in [1.29, 1.82) is 0 Å². The number of carbonyl (C=O) groups excluding carboxylic acids is 1. The summed E-state index contributed by atoms with van der Waals surface area (Å²) in [6.45, 7) is 0. The molecule has 4 unspecified atom stereocenters. The zero-order valence-corrected chi connectivity index (χ0v) is 8.60. The van der Waals surface area contributed by atoms with Gasteiger partial charge in [-0.25, -0.2) is 0 Å². The Morgan fingerprint density at radius 1 is 1.33 bits per heavy atom. The van der Waals surface area contributed by atoms with Crippen LogP contribution in [0.15, 0.2) is 36.0 Å². The minimum atomic E-state index is 0.0404. The Labute approximate surface area is 89.7 Å². The highest BCUT2D eigenvalue weighted by atomic mass is 16.1. The topological polar surface area (TPSA) is 29.1 Å². The first kappa shape index (κ1) is 9.10. The largest absolute Gasteiger partial charge is 0.302 e. The monoisotopic (exact) mass is 201 g/mol. The van der Waals surface area contributed by atoms with Gasteiger partial charge in [-0.3, -0.25) is 0 Å². The fourth-order valence-corrected chi connectivity index (χ4v) is 3.05. The first-order valence-corrected chi connectivity index (χ1v) is 5.65. The highest BCUT2D eigenvalue weighted by Crippen LogP contribution is 2.40. The third-order valence-electron chi connectivity index (χ3n) is 3.80. The number of nitrogens with one attached hydrogen (secondary N) is 1. The van der Waals surface area contributed by atoms with Crippen molar-refractivity contribution in [1.82, 2.24) is 5.32 Å². The standard InChI is InChI=1S/C13H15NO/c15-8-13-11-6-3-5-9(11)10-4-1-2-7-12(10)14-13/h1-5,8-9,11-14H,6-7H2. The van der Waals surface area contributed by atoms with Crippen LogP contribution in [-0.2, 0) is 4.79 Å². The molecule has 3 aliphatic rings. The lowest BCUT2D eigenvalue weighted by molar-refractivity contribution is -0.111. The van der Waals surface area contributed by atoms with E-state index in [1.807, 2.05) is 0 Å². The molecular weight excluding hydrogens is 186 g/mol. The molecule has 2 aliphatic carbocycles. The van der Waals surface area contributed by atoms with Gasteiger partial charge in [0, 0.05) is 12.0 Å². The Morgan fingerprint density at radius 3 is 3.13 bits per heavy atom. The molecule has 0 saturated carbocycles. The molecule has 3 rings (SSSR count). The molecule has 2 heteroatoms. The maximum Gasteiger partial charge on any atom is 0.137 e. The van der Waals surface area contributed by atoms with E-state index in [1.54, 1.807) is 0 Å². The fraction of sp³-hybridized carbons (Fsp3) is 0.462.